The van der Waals surface area contributed by atoms with Gasteiger partial charge in [-0.05, 0) is 62.7 Å². The number of nitrogens with one attached hydrogen (secondary N) is 2. The summed E-state index contributed by atoms with van der Waals surface area (Å²) in [5.74, 6) is 1.03. The molecule has 0 aliphatic carbocycles. The molecule has 4 heterocycles. The molecule has 2 aromatic heterocycles. The highest BCUT2D eigenvalue weighted by Gasteiger charge is 2.19. The first-order valence-electron chi connectivity index (χ1n) is 13.3. The maximum atomic E-state index is 13.6. The third-order valence-corrected chi connectivity index (χ3v) is 7.55. The van der Waals surface area contributed by atoms with Crippen molar-refractivity contribution in [3.63, 3.8) is 0 Å². The Labute approximate surface area is 237 Å². The summed E-state index contributed by atoms with van der Waals surface area (Å²) in [6.07, 6.45) is 4.79. The van der Waals surface area contributed by atoms with Crippen molar-refractivity contribution in [2.75, 3.05) is 25.5 Å². The number of likely N-dealkylation sites (N-methyl/N-ethyl adjacent to an activating group) is 1. The van der Waals surface area contributed by atoms with E-state index in [-0.39, 0.29) is 11.8 Å². The highest BCUT2D eigenvalue weighted by molar-refractivity contribution is 6.33. The molecule has 2 aromatic carbocycles. The predicted molar refractivity (Wildman–Crippen MR) is 160 cm³/mol. The Morgan fingerprint density at radius 1 is 1.12 bits per heavy atom. The van der Waals surface area contributed by atoms with Gasteiger partial charge in [0.05, 0.1) is 0 Å². The van der Waals surface area contributed by atoms with E-state index in [1.807, 2.05) is 38.1 Å². The molecule has 0 spiro atoms. The monoisotopic (exact) mass is 555 g/mol. The van der Waals surface area contributed by atoms with Crippen molar-refractivity contribution >= 4 is 45.7 Å². The molecule has 10 heteroatoms. The lowest BCUT2D eigenvalue weighted by Gasteiger charge is -2.22. The quantitative estimate of drug-likeness (QED) is 0.336. The summed E-state index contributed by atoms with van der Waals surface area (Å²) in [5, 5.41) is 4.47. The lowest BCUT2D eigenvalue weighted by molar-refractivity contribution is 0.0504. The fourth-order valence-corrected chi connectivity index (χ4v) is 5.31. The fourth-order valence-electron chi connectivity index (χ4n) is 5.03. The summed E-state index contributed by atoms with van der Waals surface area (Å²) in [6.45, 7) is 6.25. The lowest BCUT2D eigenvalue weighted by atomic mass is 9.99. The molecule has 9 nitrogen and oxygen atoms in total. The highest BCUT2D eigenvalue weighted by Crippen LogP contribution is 2.30. The molecule has 0 saturated heterocycles. The predicted octanol–water partition coefficient (Wildman–Crippen LogP) is 5.22. The highest BCUT2D eigenvalue weighted by atomic mass is 35.5. The smallest absolute Gasteiger partial charge is 0.260 e. The minimum atomic E-state index is -0.272. The van der Waals surface area contributed by atoms with E-state index < -0.39 is 0 Å². The molecule has 1 atom stereocenters. The van der Waals surface area contributed by atoms with Crippen molar-refractivity contribution in [3.8, 4) is 11.1 Å². The van der Waals surface area contributed by atoms with Gasteiger partial charge in [-0.2, -0.15) is 4.98 Å². The van der Waals surface area contributed by atoms with E-state index in [9.17, 15) is 4.79 Å². The third kappa shape index (κ3) is 5.11. The molecule has 2 aliphatic heterocycles. The molecule has 204 valence electrons. The van der Waals surface area contributed by atoms with Gasteiger partial charge in [-0.3, -0.25) is 9.36 Å². The Morgan fingerprint density at radius 2 is 1.93 bits per heavy atom. The van der Waals surface area contributed by atoms with Gasteiger partial charge in [0, 0.05) is 58.6 Å². The van der Waals surface area contributed by atoms with Gasteiger partial charge in [0.2, 0.25) is 5.95 Å². The molecule has 1 unspecified atom stereocenters. The molecule has 6 rings (SSSR count). The number of pyridine rings is 1. The van der Waals surface area contributed by atoms with E-state index in [4.69, 9.17) is 21.4 Å². The van der Waals surface area contributed by atoms with Gasteiger partial charge < -0.3 is 10.2 Å². The number of hydrogen-bond acceptors (Lipinski definition) is 8. The Kier molecular flexibility index (Phi) is 7.10. The number of halogens is 1. The van der Waals surface area contributed by atoms with Crippen LogP contribution in [0.1, 0.15) is 31.4 Å². The number of hydroxylamine groups is 1. The van der Waals surface area contributed by atoms with E-state index in [0.29, 0.717) is 40.1 Å². The van der Waals surface area contributed by atoms with Crippen LogP contribution in [0.5, 0.6) is 0 Å². The third-order valence-electron chi connectivity index (χ3n) is 7.24. The number of rotatable bonds is 6. The van der Waals surface area contributed by atoms with E-state index >= 15 is 0 Å². The number of aromatic nitrogens is 3. The second-order valence-electron chi connectivity index (χ2n) is 10.0. The van der Waals surface area contributed by atoms with Gasteiger partial charge in [0.15, 0.2) is 12.1 Å². The van der Waals surface area contributed by atoms with E-state index in [1.165, 1.54) is 11.1 Å². The van der Waals surface area contributed by atoms with Gasteiger partial charge in [-0.25, -0.2) is 20.3 Å². The van der Waals surface area contributed by atoms with Crippen molar-refractivity contribution in [2.24, 2.45) is 4.99 Å². The zero-order chi connectivity index (χ0) is 27.8. The van der Waals surface area contributed by atoms with Crippen LogP contribution in [-0.2, 0) is 11.4 Å². The number of amidine groups is 1. The number of hydrogen-bond donors (Lipinski definition) is 2. The zero-order valence-corrected chi connectivity index (χ0v) is 23.4. The second kappa shape index (κ2) is 10.8. The first-order valence-corrected chi connectivity index (χ1v) is 13.7. The van der Waals surface area contributed by atoms with E-state index in [0.717, 1.165) is 36.1 Å². The van der Waals surface area contributed by atoms with Crippen molar-refractivity contribution in [3.05, 3.63) is 87.3 Å². The van der Waals surface area contributed by atoms with Gasteiger partial charge in [-0.1, -0.05) is 41.9 Å². The molecule has 0 radical (unpaired) electrons. The van der Waals surface area contributed by atoms with Crippen molar-refractivity contribution in [2.45, 2.75) is 33.0 Å². The molecule has 0 saturated carbocycles. The summed E-state index contributed by atoms with van der Waals surface area (Å²) < 4.78 is 1.65. The van der Waals surface area contributed by atoms with Gasteiger partial charge in [-0.15, -0.1) is 0 Å². The van der Waals surface area contributed by atoms with Crippen molar-refractivity contribution in [1.29, 1.82) is 0 Å². The van der Waals surface area contributed by atoms with Crippen LogP contribution in [0, 0.1) is 0 Å². The Morgan fingerprint density at radius 3 is 2.60 bits per heavy atom. The van der Waals surface area contributed by atoms with Gasteiger partial charge in [0.25, 0.3) is 5.56 Å². The standard InChI is InChI=1S/C30H30ClN7O2/c1-4-38-28-22(15-25(29(38)39)24-10-7-21(16-26(24)31)27-33-18(2)40-36-27)17-32-30(35-28)34-23-8-5-19(6-9-23)20-11-13-37(3)14-12-20/h5-11,15-18H,4,12-14H2,1-3H3,(H,33,36)(H,32,34,35). The molecule has 0 bridgehead atoms. The topological polar surface area (TPSA) is 96.7 Å². The van der Waals surface area contributed by atoms with E-state index in [2.05, 4.69) is 50.9 Å². The summed E-state index contributed by atoms with van der Waals surface area (Å²) in [5.41, 5.74) is 8.58. The fraction of sp³-hybridized carbons (Fsp3) is 0.267. The summed E-state index contributed by atoms with van der Waals surface area (Å²) in [6, 6.07) is 15.6. The van der Waals surface area contributed by atoms with E-state index in [1.54, 1.807) is 22.9 Å². The average Bonchev–Trinajstić information content (AvgIpc) is 3.40. The van der Waals surface area contributed by atoms with Gasteiger partial charge in [0.1, 0.15) is 5.65 Å². The Hall–Kier alpha value is -4.05. The van der Waals surface area contributed by atoms with Gasteiger partial charge >= 0.3 is 0 Å². The number of anilines is 2. The molecule has 2 aliphatic rings. The first-order chi connectivity index (χ1) is 19.4. The van der Waals surface area contributed by atoms with Crippen LogP contribution in [0.15, 0.2) is 70.6 Å². The van der Waals surface area contributed by atoms with Crippen molar-refractivity contribution in [1.82, 2.24) is 24.9 Å². The molecule has 0 amide bonds. The van der Waals surface area contributed by atoms with Crippen LogP contribution in [0.3, 0.4) is 0 Å². The van der Waals surface area contributed by atoms with Crippen LogP contribution in [-0.4, -0.2) is 51.6 Å². The van der Waals surface area contributed by atoms with Crippen molar-refractivity contribution < 1.29 is 4.84 Å². The normalized spacial score (nSPS) is 17.4. The molecule has 40 heavy (non-hydrogen) atoms. The average molecular weight is 556 g/mol. The summed E-state index contributed by atoms with van der Waals surface area (Å²) >= 11 is 6.66. The first kappa shape index (κ1) is 26.2. The second-order valence-corrected chi connectivity index (χ2v) is 10.4. The maximum absolute atomic E-state index is 13.6. The molecular weight excluding hydrogens is 526 g/mol. The minimum Gasteiger partial charge on any atom is -0.324 e. The molecule has 4 aromatic rings. The van der Waals surface area contributed by atoms with Crippen LogP contribution in [0.4, 0.5) is 11.6 Å². The number of fused-ring (bicyclic) bond motifs is 1. The number of aryl methyl sites for hydroxylation is 1. The Bertz CT molecular complexity index is 1710. The van der Waals surface area contributed by atoms with Crippen LogP contribution >= 0.6 is 11.6 Å². The lowest BCUT2D eigenvalue weighted by Crippen LogP contribution is -2.23. The number of benzene rings is 2. The molecule has 0 fully saturated rings. The van der Waals surface area contributed by atoms with Crippen LogP contribution in [0.2, 0.25) is 5.02 Å². The maximum Gasteiger partial charge on any atom is 0.260 e. The van der Waals surface area contributed by atoms with Crippen LogP contribution < -0.4 is 16.4 Å². The summed E-state index contributed by atoms with van der Waals surface area (Å²) in [4.78, 5) is 34.8. The van der Waals surface area contributed by atoms with Crippen LogP contribution in [0.25, 0.3) is 27.7 Å². The Balaban J connectivity index is 1.29. The largest absolute Gasteiger partial charge is 0.324 e. The summed E-state index contributed by atoms with van der Waals surface area (Å²) in [7, 11) is 2.14. The zero-order valence-electron chi connectivity index (χ0n) is 22.6. The minimum absolute atomic E-state index is 0.168. The number of nitrogens with zero attached hydrogens (tertiary/aromatic N) is 5. The molecule has 2 N–H and O–H groups in total. The number of aliphatic imine (C=N–C) groups is 1. The SMILES string of the molecule is CCn1c(=O)c(-c2ccc(C3=NC(C)ON3)cc2Cl)cc2cnc(Nc3ccc(C4=CCN(C)CC4)cc3)nc21. The molecular formula is C30H30ClN7O2.